The fourth-order valence-electron chi connectivity index (χ4n) is 1.22. The Labute approximate surface area is 87.3 Å². The highest BCUT2D eigenvalue weighted by Crippen LogP contribution is 2.15. The smallest absolute Gasteiger partial charge is 0.176 e. The molecule has 1 aromatic carbocycles. The second kappa shape index (κ2) is 4.05. The van der Waals surface area contributed by atoms with Crippen LogP contribution in [0.2, 0.25) is 0 Å². The molecule has 0 heterocycles. The predicted molar refractivity (Wildman–Crippen MR) is 58.6 cm³/mol. The molecule has 13 heavy (non-hydrogen) atoms. The molecule has 0 saturated heterocycles. The van der Waals surface area contributed by atoms with Crippen molar-refractivity contribution >= 4 is 21.7 Å². The van der Waals surface area contributed by atoms with Gasteiger partial charge < -0.3 is 0 Å². The third-order valence-corrected chi connectivity index (χ3v) is 2.44. The minimum Gasteiger partial charge on any atom is -0.293 e. The van der Waals surface area contributed by atoms with Gasteiger partial charge in [-0.1, -0.05) is 33.6 Å². The van der Waals surface area contributed by atoms with Crippen LogP contribution in [0.3, 0.4) is 0 Å². The number of hydrogen-bond acceptors (Lipinski definition) is 1. The molecule has 2 heteroatoms. The lowest BCUT2D eigenvalue weighted by Crippen LogP contribution is -2.11. The molecule has 1 aromatic rings. The minimum atomic E-state index is -0.104. The summed E-state index contributed by atoms with van der Waals surface area (Å²) in [6.45, 7) is 5.81. The van der Waals surface area contributed by atoms with E-state index in [9.17, 15) is 4.79 Å². The van der Waals surface area contributed by atoms with Gasteiger partial charge in [0.25, 0.3) is 0 Å². The van der Waals surface area contributed by atoms with E-state index in [0.29, 0.717) is 0 Å². The van der Waals surface area contributed by atoms with E-state index in [-0.39, 0.29) is 10.6 Å². The van der Waals surface area contributed by atoms with Crippen molar-refractivity contribution in [2.24, 2.45) is 0 Å². The van der Waals surface area contributed by atoms with Gasteiger partial charge in [-0.05, 0) is 32.4 Å². The van der Waals surface area contributed by atoms with Crippen LogP contribution in [0.15, 0.2) is 18.2 Å². The topological polar surface area (TPSA) is 17.1 Å². The minimum absolute atomic E-state index is 0.104. The Kier molecular flexibility index (Phi) is 3.26. The second-order valence-electron chi connectivity index (χ2n) is 3.30. The van der Waals surface area contributed by atoms with Gasteiger partial charge in [0.2, 0.25) is 0 Å². The van der Waals surface area contributed by atoms with Gasteiger partial charge in [-0.3, -0.25) is 4.79 Å². The summed E-state index contributed by atoms with van der Waals surface area (Å²) >= 11 is 3.29. The lowest BCUT2D eigenvalue weighted by atomic mass is 10.0. The molecule has 0 aliphatic carbocycles. The van der Waals surface area contributed by atoms with Gasteiger partial charge in [-0.25, -0.2) is 0 Å². The molecule has 0 spiro atoms. The highest BCUT2D eigenvalue weighted by Gasteiger charge is 2.13. The fourth-order valence-corrected chi connectivity index (χ4v) is 1.46. The maximum absolute atomic E-state index is 11.7. The molecular weight excluding hydrogens is 228 g/mol. The van der Waals surface area contributed by atoms with Crippen molar-refractivity contribution in [1.82, 2.24) is 0 Å². The molecule has 0 aliphatic heterocycles. The Morgan fingerprint density at radius 3 is 2.54 bits per heavy atom. The number of halogens is 1. The predicted octanol–water partition coefficient (Wildman–Crippen LogP) is 3.27. The number of carbonyl (C=O) groups excluding carboxylic acids is 1. The van der Waals surface area contributed by atoms with E-state index in [1.165, 1.54) is 0 Å². The van der Waals surface area contributed by atoms with Crippen molar-refractivity contribution in [3.05, 3.63) is 34.9 Å². The van der Waals surface area contributed by atoms with Crippen LogP contribution in [0.1, 0.15) is 28.4 Å². The first-order valence-electron chi connectivity index (χ1n) is 4.28. The van der Waals surface area contributed by atoms with Gasteiger partial charge in [0, 0.05) is 5.56 Å². The molecule has 0 saturated carbocycles. The van der Waals surface area contributed by atoms with Gasteiger partial charge in [-0.2, -0.15) is 0 Å². The zero-order valence-electron chi connectivity index (χ0n) is 8.10. The molecule has 0 radical (unpaired) electrons. The first-order valence-corrected chi connectivity index (χ1v) is 5.19. The van der Waals surface area contributed by atoms with E-state index in [2.05, 4.69) is 15.9 Å². The van der Waals surface area contributed by atoms with E-state index < -0.39 is 0 Å². The third-order valence-electron chi connectivity index (χ3n) is 2.02. The number of aryl methyl sites for hydroxylation is 2. The molecule has 0 aromatic heterocycles. The van der Waals surface area contributed by atoms with E-state index in [4.69, 9.17) is 0 Å². The summed E-state index contributed by atoms with van der Waals surface area (Å²) in [4.78, 5) is 11.6. The lowest BCUT2D eigenvalue weighted by molar-refractivity contribution is 0.0995. The molecule has 0 bridgehead atoms. The first kappa shape index (κ1) is 10.5. The number of hydrogen-bond donors (Lipinski definition) is 0. The molecule has 1 rings (SSSR count). The van der Waals surface area contributed by atoms with Gasteiger partial charge in [0.15, 0.2) is 5.78 Å². The summed E-state index contributed by atoms with van der Waals surface area (Å²) in [7, 11) is 0. The van der Waals surface area contributed by atoms with Crippen LogP contribution in [-0.2, 0) is 0 Å². The Hall–Kier alpha value is -0.630. The Balaban J connectivity index is 3.13. The average molecular weight is 241 g/mol. The number of carbonyl (C=O) groups is 1. The van der Waals surface area contributed by atoms with Crippen LogP contribution < -0.4 is 0 Å². The molecule has 70 valence electrons. The normalized spacial score (nSPS) is 12.6. The van der Waals surface area contributed by atoms with Crippen LogP contribution >= 0.6 is 15.9 Å². The van der Waals surface area contributed by atoms with Crippen LogP contribution in [0.4, 0.5) is 0 Å². The van der Waals surface area contributed by atoms with Crippen molar-refractivity contribution in [3.63, 3.8) is 0 Å². The molecule has 1 atom stereocenters. The highest BCUT2D eigenvalue weighted by molar-refractivity contribution is 9.10. The molecule has 0 amide bonds. The number of rotatable bonds is 2. The largest absolute Gasteiger partial charge is 0.293 e. The van der Waals surface area contributed by atoms with Crippen LogP contribution in [-0.4, -0.2) is 10.6 Å². The van der Waals surface area contributed by atoms with Gasteiger partial charge in [-0.15, -0.1) is 0 Å². The summed E-state index contributed by atoms with van der Waals surface area (Å²) in [5, 5.41) is 0. The van der Waals surface area contributed by atoms with E-state index in [1.807, 2.05) is 39.0 Å². The summed E-state index contributed by atoms with van der Waals surface area (Å²) in [5.41, 5.74) is 2.99. The van der Waals surface area contributed by atoms with Crippen molar-refractivity contribution in [3.8, 4) is 0 Å². The van der Waals surface area contributed by atoms with Gasteiger partial charge >= 0.3 is 0 Å². The van der Waals surface area contributed by atoms with Crippen LogP contribution in [0, 0.1) is 13.8 Å². The third kappa shape index (κ3) is 2.41. The second-order valence-corrected chi connectivity index (χ2v) is 4.67. The van der Waals surface area contributed by atoms with E-state index >= 15 is 0 Å². The lowest BCUT2D eigenvalue weighted by Gasteiger charge is -2.07. The molecule has 0 fully saturated rings. The standard InChI is InChI=1S/C11H13BrO/c1-7-4-5-8(2)10(6-7)11(13)9(3)12/h4-6,9H,1-3H3. The summed E-state index contributed by atoms with van der Waals surface area (Å²) in [5.74, 6) is 0.154. The molecule has 1 unspecified atom stereocenters. The number of ketones is 1. The maximum Gasteiger partial charge on any atom is 0.176 e. The van der Waals surface area contributed by atoms with Crippen molar-refractivity contribution in [2.45, 2.75) is 25.6 Å². The highest BCUT2D eigenvalue weighted by atomic mass is 79.9. The van der Waals surface area contributed by atoms with Crippen molar-refractivity contribution < 1.29 is 4.79 Å². The zero-order valence-corrected chi connectivity index (χ0v) is 9.68. The quantitative estimate of drug-likeness (QED) is 0.573. The Morgan fingerprint density at radius 1 is 1.38 bits per heavy atom. The Bertz CT molecular complexity index is 329. The van der Waals surface area contributed by atoms with Crippen LogP contribution in [0.25, 0.3) is 0 Å². The van der Waals surface area contributed by atoms with Crippen molar-refractivity contribution in [2.75, 3.05) is 0 Å². The van der Waals surface area contributed by atoms with Crippen LogP contribution in [0.5, 0.6) is 0 Å². The summed E-state index contributed by atoms with van der Waals surface area (Å²) in [6, 6.07) is 5.94. The number of benzene rings is 1. The molecule has 0 N–H and O–H groups in total. The van der Waals surface area contributed by atoms with Crippen molar-refractivity contribution in [1.29, 1.82) is 0 Å². The molecule has 1 nitrogen and oxygen atoms in total. The average Bonchev–Trinajstić information content (AvgIpc) is 2.08. The molecular formula is C11H13BrO. The van der Waals surface area contributed by atoms with Gasteiger partial charge in [0.05, 0.1) is 4.83 Å². The number of alkyl halides is 1. The summed E-state index contributed by atoms with van der Waals surface area (Å²) in [6.07, 6.45) is 0. The van der Waals surface area contributed by atoms with Gasteiger partial charge in [0.1, 0.15) is 0 Å². The number of Topliss-reactive ketones (excluding diaryl/α,β-unsaturated/α-hetero) is 1. The Morgan fingerprint density at radius 2 is 2.00 bits per heavy atom. The monoisotopic (exact) mass is 240 g/mol. The van der Waals surface area contributed by atoms with E-state index in [0.717, 1.165) is 16.7 Å². The fraction of sp³-hybridized carbons (Fsp3) is 0.364. The molecule has 0 aliphatic rings. The summed E-state index contributed by atoms with van der Waals surface area (Å²) < 4.78 is 0. The first-order chi connectivity index (χ1) is 6.02. The maximum atomic E-state index is 11.7. The SMILES string of the molecule is Cc1ccc(C)c(C(=O)C(C)Br)c1. The zero-order chi connectivity index (χ0) is 10.0. The van der Waals surface area contributed by atoms with E-state index in [1.54, 1.807) is 0 Å².